The van der Waals surface area contributed by atoms with Gasteiger partial charge in [-0.05, 0) is 56.4 Å². The van der Waals surface area contributed by atoms with E-state index in [9.17, 15) is 19.2 Å². The summed E-state index contributed by atoms with van der Waals surface area (Å²) in [5.41, 5.74) is 2.74. The van der Waals surface area contributed by atoms with Crippen LogP contribution in [0.3, 0.4) is 0 Å². The summed E-state index contributed by atoms with van der Waals surface area (Å²) in [5, 5.41) is 3.35. The highest BCUT2D eigenvalue weighted by atomic mass is 32.2. The van der Waals surface area contributed by atoms with Crippen LogP contribution in [0, 0.1) is 0 Å². The number of esters is 2. The molecule has 4 rings (SSSR count). The van der Waals surface area contributed by atoms with E-state index in [-0.39, 0.29) is 23.3 Å². The van der Waals surface area contributed by atoms with Crippen molar-refractivity contribution in [2.45, 2.75) is 39.2 Å². The number of thiophene rings is 1. The second-order valence-electron chi connectivity index (χ2n) is 8.26. The van der Waals surface area contributed by atoms with Gasteiger partial charge in [-0.3, -0.25) is 9.59 Å². The third kappa shape index (κ3) is 5.97. The maximum atomic E-state index is 12.6. The molecule has 1 N–H and O–H groups in total. The molecule has 0 fully saturated rings. The fraction of sp³-hybridized carbons (Fsp3) is 0.400. The third-order valence-electron chi connectivity index (χ3n) is 5.91. The van der Waals surface area contributed by atoms with Gasteiger partial charge in [0, 0.05) is 11.4 Å². The smallest absolute Gasteiger partial charge is 0.341 e. The van der Waals surface area contributed by atoms with Crippen molar-refractivity contribution in [3.63, 3.8) is 0 Å². The largest absolute Gasteiger partial charge is 0.465 e. The van der Waals surface area contributed by atoms with Crippen molar-refractivity contribution in [3.8, 4) is 0 Å². The first kappa shape index (κ1) is 27.1. The zero-order valence-electron chi connectivity index (χ0n) is 20.8. The Balaban J connectivity index is 1.41. The molecule has 2 aromatic heterocycles. The molecule has 0 spiro atoms. The number of thioether (sulfide) groups is 1. The van der Waals surface area contributed by atoms with E-state index in [1.54, 1.807) is 12.1 Å². The lowest BCUT2D eigenvalue weighted by molar-refractivity contribution is -0.115. The third-order valence-corrected chi connectivity index (χ3v) is 9.08. The monoisotopic (exact) mass is 561 g/mol. The first-order valence-electron chi connectivity index (χ1n) is 11.8. The van der Waals surface area contributed by atoms with Crippen molar-refractivity contribution in [3.05, 3.63) is 44.6 Å². The number of thiazole rings is 1. The average molecular weight is 562 g/mol. The molecule has 2 amide bonds. The highest BCUT2D eigenvalue weighted by Gasteiger charge is 2.27. The van der Waals surface area contributed by atoms with Crippen molar-refractivity contribution < 1.29 is 28.7 Å². The molecule has 3 aromatic rings. The van der Waals surface area contributed by atoms with Crippen LogP contribution in [0.1, 0.15) is 50.9 Å². The van der Waals surface area contributed by atoms with E-state index in [1.807, 2.05) is 17.6 Å². The topological polar surface area (TPSA) is 116 Å². The highest BCUT2D eigenvalue weighted by molar-refractivity contribution is 8.00. The normalized spacial score (nSPS) is 13.3. The summed E-state index contributed by atoms with van der Waals surface area (Å²) in [6.07, 6.45) is 3.76. The van der Waals surface area contributed by atoms with E-state index < -0.39 is 11.9 Å². The van der Waals surface area contributed by atoms with Crippen LogP contribution in [0.25, 0.3) is 10.2 Å². The summed E-state index contributed by atoms with van der Waals surface area (Å²) in [6.45, 7) is 2.56. The molecular weight excluding hydrogens is 534 g/mol. The lowest BCUT2D eigenvalue weighted by Gasteiger charge is -2.11. The molecule has 1 aliphatic carbocycles. The minimum absolute atomic E-state index is 0.0313. The zero-order chi connectivity index (χ0) is 26.5. The fourth-order valence-corrected chi connectivity index (χ4v) is 7.26. The number of aryl methyl sites for hydroxylation is 2. The van der Waals surface area contributed by atoms with E-state index >= 15 is 0 Å². The number of anilines is 1. The summed E-state index contributed by atoms with van der Waals surface area (Å²) in [6, 6.07) is 5.23. The number of carbonyl (C=O) groups is 4. The lowest BCUT2D eigenvalue weighted by Crippen LogP contribution is -2.18. The molecule has 9 nitrogen and oxygen atoms in total. The van der Waals surface area contributed by atoms with Gasteiger partial charge < -0.3 is 19.4 Å². The average Bonchev–Trinajstić information content (AvgIpc) is 3.43. The van der Waals surface area contributed by atoms with Gasteiger partial charge in [0.1, 0.15) is 5.00 Å². The summed E-state index contributed by atoms with van der Waals surface area (Å²) < 4.78 is 12.5. The molecular formula is C25H27N3O6S3. The van der Waals surface area contributed by atoms with Crippen molar-refractivity contribution in [1.29, 1.82) is 0 Å². The number of hydrogen-bond acceptors (Lipinski definition) is 9. The summed E-state index contributed by atoms with van der Waals surface area (Å²) in [5.74, 6) is -1.44. The van der Waals surface area contributed by atoms with Crippen LogP contribution in [-0.4, -0.2) is 54.0 Å². The molecule has 0 unspecified atom stereocenters. The number of carbonyl (C=O) groups excluding carboxylic acids is 4. The number of nitrogens with one attached hydrogen (secondary N) is 1. The van der Waals surface area contributed by atoms with Crippen LogP contribution in [0.4, 0.5) is 5.00 Å². The Hall–Kier alpha value is -2.96. The quantitative estimate of drug-likeness (QED) is 0.413. The molecule has 0 aliphatic heterocycles. The minimum Gasteiger partial charge on any atom is -0.465 e. The molecule has 196 valence electrons. The van der Waals surface area contributed by atoms with Gasteiger partial charge >= 0.3 is 11.9 Å². The number of benzene rings is 1. The van der Waals surface area contributed by atoms with Gasteiger partial charge in [0.05, 0.1) is 47.1 Å². The molecule has 0 saturated carbocycles. The lowest BCUT2D eigenvalue weighted by atomic mass is 9.95. The molecule has 0 atom stereocenters. The van der Waals surface area contributed by atoms with E-state index in [0.717, 1.165) is 58.1 Å². The van der Waals surface area contributed by atoms with E-state index in [0.29, 0.717) is 27.5 Å². The predicted octanol–water partition coefficient (Wildman–Crippen LogP) is 4.04. The molecule has 0 bridgehead atoms. The number of ether oxygens (including phenoxy) is 2. The standard InChI is InChI=1S/C25H27N3O6S3/c1-4-28-16-10-9-14(23(31)33-2)11-18(16)37-25(28)27-20(30)13-35-12-19(29)26-22-21(24(32)34-3)15-7-5-6-8-17(15)36-22/h9-11H,4-8,12-13H2,1-3H3,(H,26,29). The van der Waals surface area contributed by atoms with E-state index in [4.69, 9.17) is 9.47 Å². The van der Waals surface area contributed by atoms with Crippen LogP contribution in [-0.2, 0) is 38.4 Å². The number of methoxy groups -OCH3 is 2. The molecule has 37 heavy (non-hydrogen) atoms. The van der Waals surface area contributed by atoms with Gasteiger partial charge in [-0.2, -0.15) is 4.99 Å². The molecule has 12 heteroatoms. The van der Waals surface area contributed by atoms with Crippen LogP contribution >= 0.6 is 34.4 Å². The summed E-state index contributed by atoms with van der Waals surface area (Å²) in [7, 11) is 2.67. The van der Waals surface area contributed by atoms with Crippen LogP contribution in [0.5, 0.6) is 0 Å². The summed E-state index contributed by atoms with van der Waals surface area (Å²) >= 11 is 3.90. The number of fused-ring (bicyclic) bond motifs is 2. The Labute approximate surface area is 225 Å². The van der Waals surface area contributed by atoms with Gasteiger partial charge in [-0.15, -0.1) is 23.1 Å². The van der Waals surface area contributed by atoms with Crippen LogP contribution < -0.4 is 10.1 Å². The number of rotatable bonds is 8. The van der Waals surface area contributed by atoms with Gasteiger partial charge in [0.15, 0.2) is 4.80 Å². The number of aromatic nitrogens is 1. The van der Waals surface area contributed by atoms with Crippen molar-refractivity contribution in [2.24, 2.45) is 4.99 Å². The second kappa shape index (κ2) is 12.1. The highest BCUT2D eigenvalue weighted by Crippen LogP contribution is 2.38. The van der Waals surface area contributed by atoms with Crippen molar-refractivity contribution >= 4 is 73.4 Å². The van der Waals surface area contributed by atoms with Gasteiger partial charge in [0.2, 0.25) is 5.91 Å². The van der Waals surface area contributed by atoms with Crippen molar-refractivity contribution in [2.75, 3.05) is 31.0 Å². The SMILES string of the molecule is CCn1c(=NC(=O)CSCC(=O)Nc2sc3c(c2C(=O)OC)CCCC3)sc2cc(C(=O)OC)ccc21. The van der Waals surface area contributed by atoms with Gasteiger partial charge in [-0.25, -0.2) is 9.59 Å². The maximum Gasteiger partial charge on any atom is 0.341 e. The van der Waals surface area contributed by atoms with E-state index in [2.05, 4.69) is 10.3 Å². The molecule has 1 aliphatic rings. The fourth-order valence-electron chi connectivity index (χ4n) is 4.21. The Morgan fingerprint density at radius 3 is 2.54 bits per heavy atom. The molecule has 2 heterocycles. The first-order valence-corrected chi connectivity index (χ1v) is 14.5. The number of nitrogens with zero attached hydrogens (tertiary/aromatic N) is 2. The minimum atomic E-state index is -0.442. The predicted molar refractivity (Wildman–Crippen MR) is 146 cm³/mol. The van der Waals surface area contributed by atoms with Gasteiger partial charge in [0.25, 0.3) is 5.91 Å². The number of hydrogen-bond donors (Lipinski definition) is 1. The summed E-state index contributed by atoms with van der Waals surface area (Å²) in [4.78, 5) is 55.3. The Kier molecular flexibility index (Phi) is 8.83. The first-order chi connectivity index (χ1) is 17.9. The molecule has 0 saturated heterocycles. The maximum absolute atomic E-state index is 12.6. The van der Waals surface area contributed by atoms with Crippen LogP contribution in [0.2, 0.25) is 0 Å². The van der Waals surface area contributed by atoms with Gasteiger partial charge in [-0.1, -0.05) is 11.3 Å². The second-order valence-corrected chi connectivity index (χ2v) is 11.4. The zero-order valence-corrected chi connectivity index (χ0v) is 23.2. The Bertz CT molecular complexity index is 1440. The van der Waals surface area contributed by atoms with Crippen LogP contribution in [0.15, 0.2) is 23.2 Å². The van der Waals surface area contributed by atoms with Crippen molar-refractivity contribution in [1.82, 2.24) is 4.57 Å². The van der Waals surface area contributed by atoms with E-state index in [1.165, 1.54) is 36.9 Å². The Morgan fingerprint density at radius 2 is 1.81 bits per heavy atom. The molecule has 0 radical (unpaired) electrons. The Morgan fingerprint density at radius 1 is 1.05 bits per heavy atom. The molecule has 1 aromatic carbocycles. The number of amides is 2.